The highest BCUT2D eigenvalue weighted by Gasteiger charge is 2.48. The molecule has 1 unspecified atom stereocenters. The van der Waals surface area contributed by atoms with Crippen LogP contribution in [0.1, 0.15) is 52.4 Å². The molecule has 4 aromatic rings. The van der Waals surface area contributed by atoms with Crippen LogP contribution in [-0.2, 0) is 16.8 Å². The lowest BCUT2D eigenvalue weighted by molar-refractivity contribution is -0.122. The minimum absolute atomic E-state index is 0.0376. The molecule has 0 spiro atoms. The topological polar surface area (TPSA) is 63.4 Å². The number of nitrogens with zero attached hydrogens (tertiary/aromatic N) is 1. The Morgan fingerprint density at radius 3 is 2.22 bits per heavy atom. The van der Waals surface area contributed by atoms with Crippen LogP contribution >= 0.6 is 0 Å². The van der Waals surface area contributed by atoms with Crippen molar-refractivity contribution in [2.45, 2.75) is 38.6 Å². The van der Waals surface area contributed by atoms with E-state index in [1.165, 1.54) is 0 Å². The Morgan fingerprint density at radius 2 is 1.53 bits per heavy atom. The first-order valence-corrected chi connectivity index (χ1v) is 12.5. The standard InChI is InChI=1S/C32H28N2O2/c1-3-18-32(31(33)36)28-11-7-6-10-26(28)27-17-16-24(20(2)29(27)32)21-12-14-23(15-13-21)34-19-22-8-4-5-9-25(22)30(34)35/h4-17H,3,18-19H2,1-2H3,(H2,33,36). The van der Waals surface area contributed by atoms with Crippen LogP contribution in [0.25, 0.3) is 22.3 Å². The van der Waals surface area contributed by atoms with Gasteiger partial charge >= 0.3 is 0 Å². The van der Waals surface area contributed by atoms with Crippen molar-refractivity contribution in [2.75, 3.05) is 4.90 Å². The highest BCUT2D eigenvalue weighted by Crippen LogP contribution is 2.53. The lowest BCUT2D eigenvalue weighted by Gasteiger charge is -2.30. The van der Waals surface area contributed by atoms with Gasteiger partial charge in [0.1, 0.15) is 5.41 Å². The van der Waals surface area contributed by atoms with Crippen molar-refractivity contribution in [3.8, 4) is 22.3 Å². The van der Waals surface area contributed by atoms with Crippen LogP contribution in [0, 0.1) is 6.92 Å². The largest absolute Gasteiger partial charge is 0.369 e. The van der Waals surface area contributed by atoms with Gasteiger partial charge < -0.3 is 10.6 Å². The number of benzene rings is 4. The van der Waals surface area contributed by atoms with E-state index in [-0.39, 0.29) is 11.8 Å². The first-order valence-electron chi connectivity index (χ1n) is 12.5. The van der Waals surface area contributed by atoms with Crippen molar-refractivity contribution in [3.05, 3.63) is 113 Å². The summed E-state index contributed by atoms with van der Waals surface area (Å²) in [4.78, 5) is 27.9. The maximum Gasteiger partial charge on any atom is 0.258 e. The average Bonchev–Trinajstić information content (AvgIpc) is 3.39. The van der Waals surface area contributed by atoms with E-state index < -0.39 is 5.41 Å². The van der Waals surface area contributed by atoms with Gasteiger partial charge in [0.25, 0.3) is 5.91 Å². The van der Waals surface area contributed by atoms with Crippen LogP contribution in [0.2, 0.25) is 0 Å². The minimum atomic E-state index is -0.825. The van der Waals surface area contributed by atoms with Crippen LogP contribution in [0.3, 0.4) is 0 Å². The normalized spacial score (nSPS) is 17.6. The summed E-state index contributed by atoms with van der Waals surface area (Å²) in [6.45, 7) is 4.78. The molecule has 0 saturated carbocycles. The van der Waals surface area contributed by atoms with Gasteiger partial charge in [0.15, 0.2) is 0 Å². The van der Waals surface area contributed by atoms with Gasteiger partial charge in [-0.15, -0.1) is 0 Å². The molecule has 1 aliphatic heterocycles. The maximum atomic E-state index is 13.1. The minimum Gasteiger partial charge on any atom is -0.369 e. The highest BCUT2D eigenvalue weighted by atomic mass is 16.2. The number of hydrogen-bond acceptors (Lipinski definition) is 2. The Kier molecular flexibility index (Phi) is 5.08. The quantitative estimate of drug-likeness (QED) is 0.367. The number of carbonyl (C=O) groups is 2. The number of rotatable bonds is 5. The van der Waals surface area contributed by atoms with E-state index in [0.29, 0.717) is 13.0 Å². The zero-order chi connectivity index (χ0) is 25.0. The second kappa shape index (κ2) is 8.20. The third-order valence-corrected chi connectivity index (χ3v) is 7.93. The van der Waals surface area contributed by atoms with Crippen molar-refractivity contribution in [1.29, 1.82) is 0 Å². The fourth-order valence-electron chi connectivity index (χ4n) is 6.32. The number of carbonyl (C=O) groups excluding carboxylic acids is 2. The van der Waals surface area contributed by atoms with Crippen molar-refractivity contribution < 1.29 is 9.59 Å². The first kappa shape index (κ1) is 22.3. The Bertz CT molecular complexity index is 1540. The molecule has 1 aliphatic carbocycles. The third kappa shape index (κ3) is 3.00. The number of amides is 2. The third-order valence-electron chi connectivity index (χ3n) is 7.93. The fourth-order valence-corrected chi connectivity index (χ4v) is 6.32. The molecule has 4 nitrogen and oxygen atoms in total. The predicted molar refractivity (Wildman–Crippen MR) is 144 cm³/mol. The van der Waals surface area contributed by atoms with Crippen molar-refractivity contribution in [2.24, 2.45) is 5.73 Å². The predicted octanol–water partition coefficient (Wildman–Crippen LogP) is 6.37. The molecule has 0 saturated heterocycles. The molecule has 36 heavy (non-hydrogen) atoms. The summed E-state index contributed by atoms with van der Waals surface area (Å²) >= 11 is 0. The van der Waals surface area contributed by atoms with E-state index in [9.17, 15) is 9.59 Å². The highest BCUT2D eigenvalue weighted by molar-refractivity contribution is 6.10. The molecule has 1 heterocycles. The Balaban J connectivity index is 1.43. The molecule has 0 aromatic heterocycles. The van der Waals surface area contributed by atoms with Crippen molar-refractivity contribution in [3.63, 3.8) is 0 Å². The van der Waals surface area contributed by atoms with Crippen LogP contribution in [0.4, 0.5) is 5.69 Å². The molecule has 2 N–H and O–H groups in total. The molecule has 4 aromatic carbocycles. The summed E-state index contributed by atoms with van der Waals surface area (Å²) < 4.78 is 0. The molecule has 6 rings (SSSR count). The molecule has 0 bridgehead atoms. The Morgan fingerprint density at radius 1 is 0.861 bits per heavy atom. The lowest BCUT2D eigenvalue weighted by Crippen LogP contribution is -2.41. The summed E-state index contributed by atoms with van der Waals surface area (Å²) in [6, 6.07) is 28.3. The molecule has 1 atom stereocenters. The molecular formula is C32H28N2O2. The van der Waals surface area contributed by atoms with E-state index in [1.807, 2.05) is 53.4 Å². The summed E-state index contributed by atoms with van der Waals surface area (Å²) in [5.74, 6) is -0.256. The molecule has 4 heteroatoms. The van der Waals surface area contributed by atoms with E-state index in [2.05, 4.69) is 50.2 Å². The van der Waals surface area contributed by atoms with Gasteiger partial charge in [-0.05, 0) is 76.1 Å². The van der Waals surface area contributed by atoms with Crippen molar-refractivity contribution >= 4 is 17.5 Å². The molecule has 2 aliphatic rings. The van der Waals surface area contributed by atoms with E-state index in [4.69, 9.17) is 5.73 Å². The van der Waals surface area contributed by atoms with Gasteiger partial charge in [-0.1, -0.05) is 80.1 Å². The molecule has 178 valence electrons. The van der Waals surface area contributed by atoms with Crippen molar-refractivity contribution in [1.82, 2.24) is 0 Å². The molecule has 0 radical (unpaired) electrons. The maximum absolute atomic E-state index is 13.1. The number of hydrogen-bond donors (Lipinski definition) is 1. The molecule has 2 amide bonds. The summed E-state index contributed by atoms with van der Waals surface area (Å²) in [6.07, 6.45) is 1.52. The second-order valence-corrected chi connectivity index (χ2v) is 9.82. The zero-order valence-electron chi connectivity index (χ0n) is 20.5. The average molecular weight is 473 g/mol. The number of anilines is 1. The van der Waals surface area contributed by atoms with E-state index >= 15 is 0 Å². The van der Waals surface area contributed by atoms with Gasteiger partial charge in [0.05, 0.1) is 6.54 Å². The summed E-state index contributed by atoms with van der Waals surface area (Å²) in [7, 11) is 0. The molecule has 0 fully saturated rings. The number of primary amides is 1. The van der Waals surface area contributed by atoms with Gasteiger partial charge in [0.2, 0.25) is 5.91 Å². The number of fused-ring (bicyclic) bond motifs is 4. The van der Waals surface area contributed by atoms with Gasteiger partial charge in [0, 0.05) is 11.3 Å². The van der Waals surface area contributed by atoms with Gasteiger partial charge in [-0.2, -0.15) is 0 Å². The smallest absolute Gasteiger partial charge is 0.258 e. The lowest BCUT2D eigenvalue weighted by atomic mass is 9.72. The first-order chi connectivity index (χ1) is 17.5. The fraction of sp³-hybridized carbons (Fsp3) is 0.188. The zero-order valence-corrected chi connectivity index (χ0v) is 20.5. The van der Waals surface area contributed by atoms with E-state index in [1.54, 1.807) is 0 Å². The van der Waals surface area contributed by atoms with Crippen LogP contribution < -0.4 is 10.6 Å². The van der Waals surface area contributed by atoms with Crippen LogP contribution in [0.5, 0.6) is 0 Å². The van der Waals surface area contributed by atoms with Gasteiger partial charge in [-0.3, -0.25) is 9.59 Å². The van der Waals surface area contributed by atoms with Crippen LogP contribution in [0.15, 0.2) is 84.9 Å². The summed E-state index contributed by atoms with van der Waals surface area (Å²) in [5.41, 5.74) is 15.5. The van der Waals surface area contributed by atoms with Crippen LogP contribution in [-0.4, -0.2) is 11.8 Å². The Labute approximate surface area is 211 Å². The Hall–Kier alpha value is -4.18. The van der Waals surface area contributed by atoms with E-state index in [0.717, 1.165) is 62.2 Å². The summed E-state index contributed by atoms with van der Waals surface area (Å²) in [5, 5.41) is 0. The van der Waals surface area contributed by atoms with Gasteiger partial charge in [-0.25, -0.2) is 0 Å². The molecular weight excluding hydrogens is 444 g/mol. The second-order valence-electron chi connectivity index (χ2n) is 9.82. The SMILES string of the molecule is CCCC1(C(N)=O)c2ccccc2-c2ccc(-c3ccc(N4Cc5ccccc5C4=O)cc3)c(C)c21. The number of nitrogens with two attached hydrogens (primary N) is 1. The monoisotopic (exact) mass is 472 g/mol.